The fourth-order valence-corrected chi connectivity index (χ4v) is 5.86. The van der Waals surface area contributed by atoms with Gasteiger partial charge in [0.25, 0.3) is 0 Å². The van der Waals surface area contributed by atoms with E-state index < -0.39 is 9.84 Å². The Morgan fingerprint density at radius 3 is 2.29 bits per heavy atom. The van der Waals surface area contributed by atoms with E-state index in [2.05, 4.69) is 48.6 Å². The molecule has 4 rings (SSSR count). The van der Waals surface area contributed by atoms with Crippen LogP contribution in [-0.4, -0.2) is 56.7 Å². The molecule has 2 aliphatic rings. The fourth-order valence-electron chi connectivity index (χ4n) is 5.17. The summed E-state index contributed by atoms with van der Waals surface area (Å²) in [7, 11) is 1.01. The Balaban J connectivity index is 1.49. The van der Waals surface area contributed by atoms with Crippen LogP contribution in [0.5, 0.6) is 0 Å². The van der Waals surface area contributed by atoms with Crippen molar-refractivity contribution in [1.82, 2.24) is 15.1 Å². The molecule has 2 fully saturated rings. The first kappa shape index (κ1) is 21.8. The van der Waals surface area contributed by atoms with Crippen LogP contribution in [0.2, 0.25) is 0 Å². The van der Waals surface area contributed by atoms with Gasteiger partial charge >= 0.3 is 6.03 Å². The molecule has 2 amide bonds. The number of nitrogens with zero attached hydrogens (tertiary/aromatic N) is 2. The first-order chi connectivity index (χ1) is 14.6. The minimum absolute atomic E-state index is 0.0194. The number of rotatable bonds is 5. The number of urea groups is 1. The summed E-state index contributed by atoms with van der Waals surface area (Å²) >= 11 is 0. The molecule has 1 spiro atoms. The van der Waals surface area contributed by atoms with Crippen molar-refractivity contribution in [3.63, 3.8) is 0 Å². The van der Waals surface area contributed by atoms with Crippen LogP contribution >= 0.6 is 0 Å². The number of hydrogen-bond acceptors (Lipinski definition) is 4. The summed E-state index contributed by atoms with van der Waals surface area (Å²) in [5.41, 5.74) is 1.92. The number of carbonyl (C=O) groups is 1. The quantitative estimate of drug-likeness (QED) is 0.772. The van der Waals surface area contributed by atoms with Gasteiger partial charge in [0.2, 0.25) is 0 Å². The Bertz CT molecular complexity index is 1060. The van der Waals surface area contributed by atoms with Crippen molar-refractivity contribution < 1.29 is 13.2 Å². The molecular formula is C24H31N3O3S. The second kappa shape index (κ2) is 7.95. The van der Waals surface area contributed by atoms with E-state index in [-0.39, 0.29) is 22.0 Å². The third kappa shape index (κ3) is 4.21. The Morgan fingerprint density at radius 2 is 1.68 bits per heavy atom. The lowest BCUT2D eigenvalue weighted by Gasteiger charge is -2.48. The van der Waals surface area contributed by atoms with E-state index in [9.17, 15) is 13.2 Å². The molecule has 1 N–H and O–H groups in total. The molecule has 2 aromatic rings. The minimum atomic E-state index is -3.27. The number of benzene rings is 2. The summed E-state index contributed by atoms with van der Waals surface area (Å²) in [6.45, 7) is 1.06. The van der Waals surface area contributed by atoms with Crippen molar-refractivity contribution in [3.8, 4) is 0 Å². The van der Waals surface area contributed by atoms with Crippen LogP contribution in [0.25, 0.3) is 0 Å². The Morgan fingerprint density at radius 1 is 1.00 bits per heavy atom. The van der Waals surface area contributed by atoms with Crippen LogP contribution in [0.3, 0.4) is 0 Å². The van der Waals surface area contributed by atoms with Crippen molar-refractivity contribution in [1.29, 1.82) is 0 Å². The van der Waals surface area contributed by atoms with Gasteiger partial charge in [-0.15, -0.1) is 0 Å². The highest BCUT2D eigenvalue weighted by Gasteiger charge is 2.49. The lowest BCUT2D eigenvalue weighted by molar-refractivity contribution is 0.0617. The number of hydrogen-bond donors (Lipinski definition) is 1. The van der Waals surface area contributed by atoms with Crippen molar-refractivity contribution in [3.05, 3.63) is 65.7 Å². The van der Waals surface area contributed by atoms with Crippen molar-refractivity contribution >= 4 is 15.9 Å². The van der Waals surface area contributed by atoms with Gasteiger partial charge in [-0.3, -0.25) is 4.90 Å². The van der Waals surface area contributed by atoms with Crippen LogP contribution in [0, 0.1) is 0 Å². The maximum Gasteiger partial charge on any atom is 0.318 e. The summed E-state index contributed by atoms with van der Waals surface area (Å²) in [4.78, 5) is 17.2. The van der Waals surface area contributed by atoms with Crippen LogP contribution < -0.4 is 5.32 Å². The average molecular weight is 442 g/mol. The highest BCUT2D eigenvalue weighted by Crippen LogP contribution is 2.46. The summed E-state index contributed by atoms with van der Waals surface area (Å²) < 4.78 is 23.7. The third-order valence-electron chi connectivity index (χ3n) is 7.05. The van der Waals surface area contributed by atoms with E-state index in [1.54, 1.807) is 18.2 Å². The van der Waals surface area contributed by atoms with E-state index in [1.807, 2.05) is 17.0 Å². The first-order valence-corrected chi connectivity index (χ1v) is 12.6. The molecule has 166 valence electrons. The highest BCUT2D eigenvalue weighted by atomic mass is 32.2. The molecule has 6 nitrogen and oxygen atoms in total. The highest BCUT2D eigenvalue weighted by molar-refractivity contribution is 7.90. The van der Waals surface area contributed by atoms with Gasteiger partial charge in [0, 0.05) is 24.9 Å². The smallest absolute Gasteiger partial charge is 0.318 e. The average Bonchev–Trinajstić information content (AvgIpc) is 3.03. The first-order valence-electron chi connectivity index (χ1n) is 10.7. The van der Waals surface area contributed by atoms with Crippen LogP contribution in [-0.2, 0) is 21.9 Å². The molecular weight excluding hydrogens is 410 g/mol. The molecule has 0 aromatic heterocycles. The van der Waals surface area contributed by atoms with Crippen molar-refractivity contribution in [2.45, 2.75) is 48.2 Å². The van der Waals surface area contributed by atoms with Crippen LogP contribution in [0.15, 0.2) is 59.5 Å². The molecule has 1 aliphatic carbocycles. The maximum atomic E-state index is 12.8. The van der Waals surface area contributed by atoms with E-state index in [1.165, 1.54) is 11.8 Å². The molecule has 1 saturated carbocycles. The number of amides is 2. The van der Waals surface area contributed by atoms with E-state index in [0.717, 1.165) is 31.2 Å². The lowest BCUT2D eigenvalue weighted by Crippen LogP contribution is -2.54. The van der Waals surface area contributed by atoms with Gasteiger partial charge in [0.15, 0.2) is 9.84 Å². The SMILES string of the molecule is CN(C)C1(c2ccccc2)CCC2(CC1)CN(Cc1cccc(S(C)(=O)=O)c1)C(=O)N2. The lowest BCUT2D eigenvalue weighted by atomic mass is 9.69. The zero-order valence-electron chi connectivity index (χ0n) is 18.5. The van der Waals surface area contributed by atoms with Crippen molar-refractivity contribution in [2.24, 2.45) is 0 Å². The fraction of sp³-hybridized carbons (Fsp3) is 0.458. The largest absolute Gasteiger partial charge is 0.331 e. The second-order valence-corrected chi connectivity index (χ2v) is 11.3. The maximum absolute atomic E-state index is 12.8. The zero-order valence-corrected chi connectivity index (χ0v) is 19.3. The van der Waals surface area contributed by atoms with Crippen LogP contribution in [0.4, 0.5) is 4.79 Å². The van der Waals surface area contributed by atoms with E-state index in [0.29, 0.717) is 13.1 Å². The van der Waals surface area contributed by atoms with Gasteiger partial charge in [-0.25, -0.2) is 13.2 Å². The summed E-state index contributed by atoms with van der Waals surface area (Å²) in [6, 6.07) is 17.4. The summed E-state index contributed by atoms with van der Waals surface area (Å²) in [5.74, 6) is 0. The molecule has 0 bridgehead atoms. The predicted octanol–water partition coefficient (Wildman–Crippen LogP) is 3.39. The molecule has 2 aromatic carbocycles. The third-order valence-corrected chi connectivity index (χ3v) is 8.16. The van der Waals surface area contributed by atoms with Crippen molar-refractivity contribution in [2.75, 3.05) is 26.9 Å². The monoisotopic (exact) mass is 441 g/mol. The van der Waals surface area contributed by atoms with Gasteiger partial charge in [-0.05, 0) is 63.0 Å². The van der Waals surface area contributed by atoms with Gasteiger partial charge in [-0.2, -0.15) is 0 Å². The van der Waals surface area contributed by atoms with Gasteiger partial charge in [0.1, 0.15) is 0 Å². The Kier molecular flexibility index (Phi) is 5.60. The molecule has 0 unspecified atom stereocenters. The normalized spacial score (nSPS) is 26.5. The molecule has 1 aliphatic heterocycles. The molecule has 7 heteroatoms. The molecule has 1 heterocycles. The number of sulfone groups is 1. The molecule has 0 radical (unpaired) electrons. The Hall–Kier alpha value is -2.38. The molecule has 0 atom stereocenters. The number of carbonyl (C=O) groups excluding carboxylic acids is 1. The standard InChI is InChI=1S/C24H31N3O3S/c1-26(2)24(20-9-5-4-6-10-20)14-12-23(13-15-24)18-27(22(28)25-23)17-19-8-7-11-21(16-19)31(3,29)30/h4-11,16H,12-15,17-18H2,1-3H3,(H,25,28). The zero-order chi connectivity index (χ0) is 22.3. The van der Waals surface area contributed by atoms with Gasteiger partial charge in [0.05, 0.1) is 10.4 Å². The Labute approximate surface area is 185 Å². The van der Waals surface area contributed by atoms with E-state index >= 15 is 0 Å². The molecule has 31 heavy (non-hydrogen) atoms. The minimum Gasteiger partial charge on any atom is -0.331 e. The van der Waals surface area contributed by atoms with Gasteiger partial charge in [-0.1, -0.05) is 42.5 Å². The summed E-state index contributed by atoms with van der Waals surface area (Å²) in [6.07, 6.45) is 4.97. The van der Waals surface area contributed by atoms with E-state index in [4.69, 9.17) is 0 Å². The number of nitrogens with one attached hydrogen (secondary N) is 1. The predicted molar refractivity (Wildman–Crippen MR) is 121 cm³/mol. The topological polar surface area (TPSA) is 69.7 Å². The summed E-state index contributed by atoms with van der Waals surface area (Å²) in [5, 5.41) is 3.26. The molecule has 1 saturated heterocycles. The second-order valence-electron chi connectivity index (χ2n) is 9.28. The van der Waals surface area contributed by atoms with Gasteiger partial charge < -0.3 is 10.2 Å². The van der Waals surface area contributed by atoms with Crippen LogP contribution in [0.1, 0.15) is 36.8 Å².